The van der Waals surface area contributed by atoms with E-state index in [1.807, 2.05) is 127 Å². The second-order valence-electron chi connectivity index (χ2n) is 13.4. The van der Waals surface area contributed by atoms with Crippen LogP contribution in [-0.4, -0.2) is 29.9 Å². The minimum Gasteiger partial charge on any atom is -0.238 e. The van der Waals surface area contributed by atoms with E-state index in [2.05, 4.69) is 53.4 Å². The Bertz CT molecular complexity index is 3050. The van der Waals surface area contributed by atoms with Crippen molar-refractivity contribution < 1.29 is 0 Å². The standard InChI is InChI=1S/C49H29N7S/c1-50-38-27-24-32(25-28-38)31-20-22-36(23-21-31)47-52-46(35-16-9-4-10-17-35)55-49(56-47)40-18-11-19-41-43(40)39-29-26-37(30-42(39)57-41)48-53-44(33-12-5-2-6-13-33)51-45(54-48)34-14-7-3-8-15-34/h2-30H. The molecule has 0 radical (unpaired) electrons. The fourth-order valence-corrected chi connectivity index (χ4v) is 8.14. The third-order valence-electron chi connectivity index (χ3n) is 9.84. The van der Waals surface area contributed by atoms with Crippen molar-refractivity contribution in [2.24, 2.45) is 0 Å². The molecule has 0 spiro atoms. The van der Waals surface area contributed by atoms with Crippen LogP contribution in [0.4, 0.5) is 5.69 Å². The van der Waals surface area contributed by atoms with Crippen molar-refractivity contribution in [2.45, 2.75) is 0 Å². The van der Waals surface area contributed by atoms with Gasteiger partial charge in [-0.15, -0.1) is 11.3 Å². The number of thiophene rings is 1. The number of benzene rings is 7. The lowest BCUT2D eigenvalue weighted by Crippen LogP contribution is -2.00. The van der Waals surface area contributed by atoms with Gasteiger partial charge in [-0.2, -0.15) is 0 Å². The summed E-state index contributed by atoms with van der Waals surface area (Å²) < 4.78 is 2.23. The molecule has 7 nitrogen and oxygen atoms in total. The average molecular weight is 748 g/mol. The highest BCUT2D eigenvalue weighted by Crippen LogP contribution is 2.41. The Morgan fingerprint density at radius 2 is 0.772 bits per heavy atom. The van der Waals surface area contributed by atoms with Gasteiger partial charge in [0.15, 0.2) is 40.6 Å². The Hall–Kier alpha value is -7.73. The van der Waals surface area contributed by atoms with Crippen molar-refractivity contribution in [3.8, 4) is 79.5 Å². The van der Waals surface area contributed by atoms with Crippen LogP contribution < -0.4 is 0 Å². The van der Waals surface area contributed by atoms with Gasteiger partial charge in [0.2, 0.25) is 0 Å². The number of hydrogen-bond acceptors (Lipinski definition) is 7. The average Bonchev–Trinajstić information content (AvgIpc) is 3.68. The van der Waals surface area contributed by atoms with Gasteiger partial charge >= 0.3 is 0 Å². The highest BCUT2D eigenvalue weighted by Gasteiger charge is 2.19. The fourth-order valence-electron chi connectivity index (χ4n) is 6.97. The number of fused-ring (bicyclic) bond motifs is 3. The number of aromatic nitrogens is 6. The molecule has 10 rings (SSSR count). The van der Waals surface area contributed by atoms with Gasteiger partial charge < -0.3 is 0 Å². The lowest BCUT2D eigenvalue weighted by Gasteiger charge is -2.10. The van der Waals surface area contributed by atoms with Crippen molar-refractivity contribution >= 4 is 37.2 Å². The third-order valence-corrected chi connectivity index (χ3v) is 11.0. The summed E-state index contributed by atoms with van der Waals surface area (Å²) in [6, 6.07) is 58.7. The lowest BCUT2D eigenvalue weighted by molar-refractivity contribution is 1.07. The van der Waals surface area contributed by atoms with E-state index in [4.69, 9.17) is 36.5 Å². The number of rotatable bonds is 7. The first kappa shape index (κ1) is 33.8. The lowest BCUT2D eigenvalue weighted by atomic mass is 10.0. The maximum atomic E-state index is 7.28. The molecular weight excluding hydrogens is 719 g/mol. The quantitative estimate of drug-likeness (QED) is 0.151. The zero-order chi connectivity index (χ0) is 38.1. The van der Waals surface area contributed by atoms with E-state index >= 15 is 0 Å². The molecule has 10 aromatic rings. The van der Waals surface area contributed by atoms with Crippen molar-refractivity contribution in [1.82, 2.24) is 29.9 Å². The molecule has 0 fully saturated rings. The van der Waals surface area contributed by atoms with Crippen LogP contribution in [0.25, 0.3) is 104 Å². The second-order valence-corrected chi connectivity index (χ2v) is 14.5. The van der Waals surface area contributed by atoms with Crippen molar-refractivity contribution in [3.63, 3.8) is 0 Å². The van der Waals surface area contributed by atoms with Gasteiger partial charge in [-0.05, 0) is 23.3 Å². The summed E-state index contributed by atoms with van der Waals surface area (Å²) in [4.78, 5) is 33.6. The number of nitrogens with zero attached hydrogens (tertiary/aromatic N) is 7. The molecule has 0 saturated heterocycles. The molecule has 0 atom stereocenters. The largest absolute Gasteiger partial charge is 0.238 e. The van der Waals surface area contributed by atoms with Gasteiger partial charge in [0.1, 0.15) is 0 Å². The second kappa shape index (κ2) is 14.5. The number of hydrogen-bond donors (Lipinski definition) is 0. The van der Waals surface area contributed by atoms with Gasteiger partial charge in [0.05, 0.1) is 6.57 Å². The van der Waals surface area contributed by atoms with Crippen molar-refractivity contribution in [3.05, 3.63) is 187 Å². The first-order chi connectivity index (χ1) is 28.2. The van der Waals surface area contributed by atoms with E-state index in [1.165, 1.54) is 0 Å². The summed E-state index contributed by atoms with van der Waals surface area (Å²) >= 11 is 1.72. The van der Waals surface area contributed by atoms with Gasteiger partial charge in [-0.1, -0.05) is 164 Å². The van der Waals surface area contributed by atoms with Crippen LogP contribution in [0.2, 0.25) is 0 Å². The monoisotopic (exact) mass is 747 g/mol. The van der Waals surface area contributed by atoms with E-state index < -0.39 is 0 Å². The molecule has 0 amide bonds. The van der Waals surface area contributed by atoms with Gasteiger partial charge in [-0.25, -0.2) is 34.7 Å². The summed E-state index contributed by atoms with van der Waals surface area (Å²) in [6.45, 7) is 7.28. The van der Waals surface area contributed by atoms with E-state index in [0.29, 0.717) is 40.6 Å². The Morgan fingerprint density at radius 1 is 0.351 bits per heavy atom. The van der Waals surface area contributed by atoms with Crippen LogP contribution >= 0.6 is 11.3 Å². The molecule has 0 N–H and O–H groups in total. The molecule has 266 valence electrons. The molecule has 0 unspecified atom stereocenters. The summed E-state index contributed by atoms with van der Waals surface area (Å²) in [7, 11) is 0. The molecule has 0 aliphatic heterocycles. The van der Waals surface area contributed by atoms with Crippen LogP contribution in [0, 0.1) is 6.57 Å². The van der Waals surface area contributed by atoms with Gasteiger partial charge in [0.25, 0.3) is 0 Å². The van der Waals surface area contributed by atoms with E-state index in [-0.39, 0.29) is 0 Å². The highest BCUT2D eigenvalue weighted by atomic mass is 32.1. The molecule has 0 aliphatic carbocycles. The van der Waals surface area contributed by atoms with Crippen LogP contribution in [0.15, 0.2) is 176 Å². The van der Waals surface area contributed by atoms with Crippen LogP contribution in [0.5, 0.6) is 0 Å². The van der Waals surface area contributed by atoms with Crippen LogP contribution in [-0.2, 0) is 0 Å². The normalized spacial score (nSPS) is 11.1. The smallest absolute Gasteiger partial charge is 0.187 e. The molecule has 8 heteroatoms. The summed E-state index contributed by atoms with van der Waals surface area (Å²) in [5.41, 5.74) is 8.20. The van der Waals surface area contributed by atoms with Crippen molar-refractivity contribution in [1.29, 1.82) is 0 Å². The van der Waals surface area contributed by atoms with Crippen LogP contribution in [0.3, 0.4) is 0 Å². The van der Waals surface area contributed by atoms with E-state index in [9.17, 15) is 0 Å². The summed E-state index contributed by atoms with van der Waals surface area (Å²) in [5.74, 6) is 3.66. The molecule has 7 aromatic carbocycles. The first-order valence-electron chi connectivity index (χ1n) is 18.4. The first-order valence-corrected chi connectivity index (χ1v) is 19.2. The van der Waals surface area contributed by atoms with Crippen LogP contribution in [0.1, 0.15) is 0 Å². The third kappa shape index (κ3) is 6.59. The summed E-state index contributed by atoms with van der Waals surface area (Å²) in [5, 5.41) is 2.19. The van der Waals surface area contributed by atoms with Crippen molar-refractivity contribution in [2.75, 3.05) is 0 Å². The van der Waals surface area contributed by atoms with E-state index in [1.54, 1.807) is 11.3 Å². The fraction of sp³-hybridized carbons (Fsp3) is 0. The predicted octanol–water partition coefficient (Wildman–Crippen LogP) is 12.6. The van der Waals surface area contributed by atoms with Gasteiger partial charge in [-0.3, -0.25) is 0 Å². The SMILES string of the molecule is [C-]#[N+]c1ccc(-c2ccc(-c3nc(-c4ccccc4)nc(-c4cccc5sc6cc(-c7nc(-c8ccccc8)nc(-c8ccccc8)n7)ccc6c45)n3)cc2)cc1. The maximum Gasteiger partial charge on any atom is 0.187 e. The Balaban J connectivity index is 1.09. The zero-order valence-electron chi connectivity index (χ0n) is 30.3. The molecule has 0 saturated carbocycles. The topological polar surface area (TPSA) is 81.7 Å². The summed E-state index contributed by atoms with van der Waals surface area (Å²) in [6.07, 6.45) is 0. The Morgan fingerprint density at radius 3 is 1.28 bits per heavy atom. The molecule has 0 aliphatic rings. The van der Waals surface area contributed by atoms with E-state index in [0.717, 1.165) is 64.7 Å². The minimum atomic E-state index is 0.589. The van der Waals surface area contributed by atoms with Gasteiger partial charge in [0, 0.05) is 53.6 Å². The molecular formula is C49H29N7S. The molecule has 3 heterocycles. The molecule has 3 aromatic heterocycles. The predicted molar refractivity (Wildman–Crippen MR) is 230 cm³/mol. The Kier molecular flexibility index (Phi) is 8.60. The maximum absolute atomic E-state index is 7.28. The minimum absolute atomic E-state index is 0.589. The highest BCUT2D eigenvalue weighted by molar-refractivity contribution is 7.26. The zero-order valence-corrected chi connectivity index (χ0v) is 31.1. The Labute approximate surface area is 332 Å². The molecule has 0 bridgehead atoms. The molecule has 57 heavy (non-hydrogen) atoms.